The minimum absolute atomic E-state index is 0.109. The van der Waals surface area contributed by atoms with E-state index < -0.39 is 0 Å². The number of alkyl halides is 1. The van der Waals surface area contributed by atoms with Gasteiger partial charge >= 0.3 is 0 Å². The maximum atomic E-state index is 6.30. The van der Waals surface area contributed by atoms with Gasteiger partial charge in [0.15, 0.2) is 0 Å². The van der Waals surface area contributed by atoms with E-state index in [1.165, 1.54) is 9.75 Å². The zero-order chi connectivity index (χ0) is 14.3. The van der Waals surface area contributed by atoms with Crippen molar-refractivity contribution in [1.82, 2.24) is 9.55 Å². The molecule has 0 fully saturated rings. The van der Waals surface area contributed by atoms with E-state index >= 15 is 0 Å². The Bertz CT molecular complexity index is 760. The van der Waals surface area contributed by atoms with Crippen LogP contribution in [0, 0.1) is 6.92 Å². The predicted octanol–water partition coefficient (Wildman–Crippen LogP) is 5.52. The van der Waals surface area contributed by atoms with Crippen molar-refractivity contribution in [3.63, 3.8) is 0 Å². The van der Waals surface area contributed by atoms with E-state index in [1.807, 2.05) is 30.4 Å². The van der Waals surface area contributed by atoms with Gasteiger partial charge in [0.1, 0.15) is 5.82 Å². The van der Waals surface area contributed by atoms with Gasteiger partial charge in [-0.3, -0.25) is 0 Å². The molecule has 20 heavy (non-hydrogen) atoms. The molecule has 0 aliphatic heterocycles. The molecule has 5 heteroatoms. The number of fused-ring (bicyclic) bond motifs is 1. The van der Waals surface area contributed by atoms with Gasteiger partial charge in [0, 0.05) is 14.2 Å². The largest absolute Gasteiger partial charge is 0.321 e. The molecule has 0 aliphatic carbocycles. The van der Waals surface area contributed by atoms with Gasteiger partial charge in [0.25, 0.3) is 0 Å². The van der Waals surface area contributed by atoms with Crippen LogP contribution in [-0.4, -0.2) is 9.55 Å². The van der Waals surface area contributed by atoms with E-state index in [9.17, 15) is 0 Å². The fraction of sp³-hybridized carbons (Fsp3) is 0.267. The summed E-state index contributed by atoms with van der Waals surface area (Å²) < 4.78 is 3.25. The molecule has 2 aromatic heterocycles. The van der Waals surface area contributed by atoms with Crippen LogP contribution in [0.25, 0.3) is 11.0 Å². The predicted molar refractivity (Wildman–Crippen MR) is 89.9 cm³/mol. The van der Waals surface area contributed by atoms with Crippen LogP contribution in [0.1, 0.15) is 27.9 Å². The van der Waals surface area contributed by atoms with Gasteiger partial charge in [-0.2, -0.15) is 0 Å². The number of hydrogen-bond donors (Lipinski definition) is 0. The molecule has 3 aromatic rings. The fourth-order valence-electron chi connectivity index (χ4n) is 2.32. The van der Waals surface area contributed by atoms with Crippen LogP contribution in [0.3, 0.4) is 0 Å². The maximum absolute atomic E-state index is 6.30. The van der Waals surface area contributed by atoms with Crippen LogP contribution in [0.5, 0.6) is 0 Å². The third-order valence-electron chi connectivity index (χ3n) is 3.21. The van der Waals surface area contributed by atoms with Crippen molar-refractivity contribution >= 4 is 49.9 Å². The summed E-state index contributed by atoms with van der Waals surface area (Å²) in [6.07, 6.45) is 0. The van der Waals surface area contributed by atoms with Gasteiger partial charge in [0.05, 0.1) is 23.0 Å². The summed E-state index contributed by atoms with van der Waals surface area (Å²) in [5.74, 6) is 0.922. The van der Waals surface area contributed by atoms with Crippen molar-refractivity contribution < 1.29 is 0 Å². The number of hydrogen-bond acceptors (Lipinski definition) is 2. The Morgan fingerprint density at radius 2 is 2.15 bits per heavy atom. The highest BCUT2D eigenvalue weighted by molar-refractivity contribution is 9.10. The minimum Gasteiger partial charge on any atom is -0.321 e. The summed E-state index contributed by atoms with van der Waals surface area (Å²) in [7, 11) is 0. The third-order valence-corrected chi connectivity index (χ3v) is 4.88. The summed E-state index contributed by atoms with van der Waals surface area (Å²) in [5, 5.41) is -0.109. The second-order valence-corrected chi connectivity index (χ2v) is 7.76. The Labute approximate surface area is 135 Å². The second-order valence-electron chi connectivity index (χ2n) is 4.82. The molecule has 0 amide bonds. The number of imidazole rings is 1. The normalized spacial score (nSPS) is 13.0. The minimum atomic E-state index is -0.109. The summed E-state index contributed by atoms with van der Waals surface area (Å²) in [4.78, 5) is 7.33. The Morgan fingerprint density at radius 3 is 2.80 bits per heavy atom. The Morgan fingerprint density at radius 1 is 1.35 bits per heavy atom. The van der Waals surface area contributed by atoms with Crippen molar-refractivity contribution in [3.05, 3.63) is 50.4 Å². The Hall–Kier alpha value is -0.840. The highest BCUT2D eigenvalue weighted by Crippen LogP contribution is 2.28. The van der Waals surface area contributed by atoms with E-state index in [-0.39, 0.29) is 5.38 Å². The first-order valence-corrected chi connectivity index (χ1v) is 8.44. The summed E-state index contributed by atoms with van der Waals surface area (Å²) >= 11 is 11.6. The molecule has 0 spiro atoms. The molecule has 0 bridgehead atoms. The first-order chi connectivity index (χ1) is 9.54. The molecule has 3 rings (SSSR count). The van der Waals surface area contributed by atoms with Crippen LogP contribution in [-0.2, 0) is 6.54 Å². The number of thiophene rings is 1. The van der Waals surface area contributed by atoms with Crippen LogP contribution < -0.4 is 0 Å². The first-order valence-electron chi connectivity index (χ1n) is 6.39. The van der Waals surface area contributed by atoms with Crippen LogP contribution >= 0.6 is 38.9 Å². The topological polar surface area (TPSA) is 17.8 Å². The van der Waals surface area contributed by atoms with E-state index in [0.29, 0.717) is 0 Å². The number of benzene rings is 1. The molecule has 0 saturated heterocycles. The van der Waals surface area contributed by atoms with E-state index in [0.717, 1.165) is 27.9 Å². The molecule has 0 N–H and O–H groups in total. The standard InChI is InChI=1S/C15H14BrClN2S/c1-9-3-5-12(20-9)8-19-14-6-4-11(16)7-13(14)18-15(19)10(2)17/h3-7,10H,8H2,1-2H3. The van der Waals surface area contributed by atoms with Gasteiger partial charge in [-0.15, -0.1) is 22.9 Å². The zero-order valence-corrected chi connectivity index (χ0v) is 14.4. The van der Waals surface area contributed by atoms with Gasteiger partial charge in [0.2, 0.25) is 0 Å². The highest BCUT2D eigenvalue weighted by atomic mass is 79.9. The molecular weight excluding hydrogens is 356 g/mol. The SMILES string of the molecule is Cc1ccc(Cn2c(C(C)Cl)nc3cc(Br)ccc32)s1. The molecule has 2 heterocycles. The fourth-order valence-corrected chi connectivity index (χ4v) is 3.71. The lowest BCUT2D eigenvalue weighted by atomic mass is 10.3. The lowest BCUT2D eigenvalue weighted by Gasteiger charge is -2.09. The molecule has 2 nitrogen and oxygen atoms in total. The Kier molecular flexibility index (Phi) is 3.89. The number of aryl methyl sites for hydroxylation is 1. The molecule has 0 radical (unpaired) electrons. The number of rotatable bonds is 3. The quantitative estimate of drug-likeness (QED) is 0.556. The van der Waals surface area contributed by atoms with Crippen LogP contribution in [0.15, 0.2) is 34.8 Å². The summed E-state index contributed by atoms with van der Waals surface area (Å²) in [6.45, 7) is 4.92. The van der Waals surface area contributed by atoms with E-state index in [4.69, 9.17) is 11.6 Å². The van der Waals surface area contributed by atoms with Crippen molar-refractivity contribution in [2.45, 2.75) is 25.8 Å². The molecule has 1 unspecified atom stereocenters. The van der Waals surface area contributed by atoms with Crippen LogP contribution in [0.2, 0.25) is 0 Å². The van der Waals surface area contributed by atoms with E-state index in [2.05, 4.69) is 50.6 Å². The highest BCUT2D eigenvalue weighted by Gasteiger charge is 2.15. The number of nitrogens with zero attached hydrogens (tertiary/aromatic N) is 2. The molecule has 1 atom stereocenters. The van der Waals surface area contributed by atoms with Gasteiger partial charge in [-0.05, 0) is 44.2 Å². The molecule has 0 saturated carbocycles. The average Bonchev–Trinajstić information content (AvgIpc) is 2.94. The van der Waals surface area contributed by atoms with Crippen molar-refractivity contribution in [1.29, 1.82) is 0 Å². The van der Waals surface area contributed by atoms with Crippen molar-refractivity contribution in [2.75, 3.05) is 0 Å². The molecule has 1 aromatic carbocycles. The van der Waals surface area contributed by atoms with Gasteiger partial charge in [-0.1, -0.05) is 15.9 Å². The van der Waals surface area contributed by atoms with Gasteiger partial charge < -0.3 is 4.57 Å². The van der Waals surface area contributed by atoms with Gasteiger partial charge in [-0.25, -0.2) is 4.98 Å². The molecule has 104 valence electrons. The maximum Gasteiger partial charge on any atom is 0.128 e. The average molecular weight is 370 g/mol. The molecular formula is C15H14BrClN2S. The summed E-state index contributed by atoms with van der Waals surface area (Å²) in [6, 6.07) is 10.5. The molecule has 0 aliphatic rings. The monoisotopic (exact) mass is 368 g/mol. The smallest absolute Gasteiger partial charge is 0.128 e. The van der Waals surface area contributed by atoms with Crippen LogP contribution in [0.4, 0.5) is 0 Å². The lowest BCUT2D eigenvalue weighted by molar-refractivity contribution is 0.750. The number of aromatic nitrogens is 2. The Balaban J connectivity index is 2.13. The summed E-state index contributed by atoms with van der Waals surface area (Å²) in [5.41, 5.74) is 2.11. The zero-order valence-electron chi connectivity index (χ0n) is 11.2. The first kappa shape index (κ1) is 14.1. The number of halogens is 2. The van der Waals surface area contributed by atoms with Crippen molar-refractivity contribution in [3.8, 4) is 0 Å². The third kappa shape index (κ3) is 2.65. The lowest BCUT2D eigenvalue weighted by Crippen LogP contribution is -2.04. The van der Waals surface area contributed by atoms with Crippen molar-refractivity contribution in [2.24, 2.45) is 0 Å². The van der Waals surface area contributed by atoms with E-state index in [1.54, 1.807) is 0 Å². The second kappa shape index (κ2) is 5.51.